The topological polar surface area (TPSA) is 263 Å². The van der Waals surface area contributed by atoms with Crippen LogP contribution < -0.4 is 32.6 Å². The molecule has 262 valence electrons. The molecule has 0 unspecified atom stereocenters. The lowest BCUT2D eigenvalue weighted by Gasteiger charge is -2.23. The third kappa shape index (κ3) is 12.2. The summed E-state index contributed by atoms with van der Waals surface area (Å²) < 4.78 is 5.16. The number of hydrogen-bond donors (Lipinski definition) is 8. The van der Waals surface area contributed by atoms with Crippen molar-refractivity contribution in [3.63, 3.8) is 0 Å². The highest BCUT2D eigenvalue weighted by Crippen LogP contribution is 2.23. The SMILES string of the molecule is C#CCN(Cc1ccc2nc(N)[nH]c(=O)c2c1)c1ccc(N[C@@H](CCC(=O)OCCSSC[C@H](NC(=O)[C@@H](N)CO)C(=O)O)C(=O)O)cc1. The average Bonchev–Trinajstić information content (AvgIpc) is 3.07. The van der Waals surface area contributed by atoms with Crippen LogP contribution in [0.15, 0.2) is 47.3 Å². The number of aromatic nitrogens is 2. The summed E-state index contributed by atoms with van der Waals surface area (Å²) in [5.41, 5.74) is 13.2. The van der Waals surface area contributed by atoms with E-state index >= 15 is 0 Å². The maximum Gasteiger partial charge on any atom is 0.327 e. The predicted octanol–water partition coefficient (Wildman–Crippen LogP) is 0.604. The molecule has 3 aromatic rings. The van der Waals surface area contributed by atoms with Crippen molar-refractivity contribution in [2.75, 3.05) is 47.2 Å². The van der Waals surface area contributed by atoms with Gasteiger partial charge in [0.2, 0.25) is 11.9 Å². The van der Waals surface area contributed by atoms with E-state index in [1.165, 1.54) is 10.8 Å². The molecule has 0 spiro atoms. The van der Waals surface area contributed by atoms with Crippen LogP contribution in [0.1, 0.15) is 18.4 Å². The van der Waals surface area contributed by atoms with Gasteiger partial charge in [-0.15, -0.1) is 6.42 Å². The van der Waals surface area contributed by atoms with E-state index in [-0.39, 0.29) is 43.3 Å². The van der Waals surface area contributed by atoms with Crippen LogP contribution >= 0.6 is 21.6 Å². The summed E-state index contributed by atoms with van der Waals surface area (Å²) in [5, 5.41) is 33.4. The van der Waals surface area contributed by atoms with Gasteiger partial charge in [0, 0.05) is 35.8 Å². The zero-order valence-corrected chi connectivity index (χ0v) is 27.8. The Morgan fingerprint density at radius 3 is 2.45 bits per heavy atom. The third-order valence-corrected chi connectivity index (χ3v) is 9.23. The fourth-order valence-corrected chi connectivity index (χ4v) is 6.32. The lowest BCUT2D eigenvalue weighted by molar-refractivity contribution is -0.143. The van der Waals surface area contributed by atoms with Crippen LogP contribution in [0.5, 0.6) is 0 Å². The number of aliphatic hydroxyl groups excluding tert-OH is 1. The molecule has 1 heterocycles. The molecule has 10 N–H and O–H groups in total. The first-order chi connectivity index (χ1) is 23.4. The summed E-state index contributed by atoms with van der Waals surface area (Å²) in [6.45, 7) is 0.0395. The Morgan fingerprint density at radius 2 is 1.80 bits per heavy atom. The number of aliphatic carboxylic acids is 2. The molecule has 0 saturated carbocycles. The summed E-state index contributed by atoms with van der Waals surface area (Å²) in [7, 11) is 2.36. The number of nitrogens with two attached hydrogens (primary N) is 2. The lowest BCUT2D eigenvalue weighted by atomic mass is 10.1. The zero-order valence-electron chi connectivity index (χ0n) is 26.2. The highest BCUT2D eigenvalue weighted by Gasteiger charge is 2.23. The average molecular weight is 716 g/mol. The molecule has 0 fully saturated rings. The number of esters is 1. The third-order valence-electron chi connectivity index (χ3n) is 6.85. The number of fused-ring (bicyclic) bond motifs is 1. The lowest BCUT2D eigenvalue weighted by Crippen LogP contribution is -2.50. The Labute approximate surface area is 288 Å². The maximum atomic E-state index is 12.3. The van der Waals surface area contributed by atoms with Gasteiger partial charge in [-0.25, -0.2) is 14.6 Å². The number of anilines is 3. The number of hydrogen-bond acceptors (Lipinski definition) is 14. The molecule has 0 aliphatic rings. The van der Waals surface area contributed by atoms with Crippen molar-refractivity contribution in [3.05, 3.63) is 58.4 Å². The number of carboxylic acid groups (broad SMARTS) is 2. The summed E-state index contributed by atoms with van der Waals surface area (Å²) in [5.74, 6) is -0.816. The number of carbonyl (C=O) groups excluding carboxylic acids is 2. The van der Waals surface area contributed by atoms with Crippen LogP contribution in [0.3, 0.4) is 0 Å². The van der Waals surface area contributed by atoms with E-state index < -0.39 is 48.5 Å². The van der Waals surface area contributed by atoms with Crippen molar-refractivity contribution in [3.8, 4) is 12.3 Å². The number of nitrogens with one attached hydrogen (secondary N) is 3. The van der Waals surface area contributed by atoms with Gasteiger partial charge in [0.15, 0.2) is 0 Å². The predicted molar refractivity (Wildman–Crippen MR) is 188 cm³/mol. The molecule has 3 atom stereocenters. The largest absolute Gasteiger partial charge is 0.480 e. The quantitative estimate of drug-likeness (QED) is 0.0345. The van der Waals surface area contributed by atoms with Crippen LogP contribution in [0.2, 0.25) is 0 Å². The monoisotopic (exact) mass is 715 g/mol. The van der Waals surface area contributed by atoms with Gasteiger partial charge in [-0.05, 0) is 48.4 Å². The number of rotatable bonds is 20. The number of carbonyl (C=O) groups is 4. The minimum atomic E-state index is -1.26. The van der Waals surface area contributed by atoms with Gasteiger partial charge in [0.1, 0.15) is 24.7 Å². The Balaban J connectivity index is 1.46. The van der Waals surface area contributed by atoms with Crippen molar-refractivity contribution >= 4 is 73.6 Å². The van der Waals surface area contributed by atoms with E-state index in [9.17, 15) is 34.2 Å². The van der Waals surface area contributed by atoms with Crippen LogP contribution in [-0.4, -0.2) is 98.5 Å². The van der Waals surface area contributed by atoms with Crippen molar-refractivity contribution < 1.29 is 39.2 Å². The maximum absolute atomic E-state index is 12.3. The Bertz CT molecular complexity index is 1720. The first kappa shape index (κ1) is 38.5. The van der Waals surface area contributed by atoms with Crippen molar-refractivity contribution in [2.45, 2.75) is 37.5 Å². The molecule has 0 aliphatic carbocycles. The number of ether oxygens (including phenoxy) is 1. The number of amides is 1. The molecule has 3 rings (SSSR count). The molecule has 1 amide bonds. The van der Waals surface area contributed by atoms with Crippen molar-refractivity contribution in [1.82, 2.24) is 15.3 Å². The highest BCUT2D eigenvalue weighted by atomic mass is 33.1. The molecule has 18 heteroatoms. The molecule has 16 nitrogen and oxygen atoms in total. The summed E-state index contributed by atoms with van der Waals surface area (Å²) in [6, 6.07) is 8.67. The number of aromatic amines is 1. The van der Waals surface area contributed by atoms with Gasteiger partial charge in [0.05, 0.1) is 24.1 Å². The van der Waals surface area contributed by atoms with Crippen molar-refractivity contribution in [1.29, 1.82) is 0 Å². The van der Waals surface area contributed by atoms with E-state index in [2.05, 4.69) is 26.5 Å². The summed E-state index contributed by atoms with van der Waals surface area (Å²) in [4.78, 5) is 68.0. The number of benzene rings is 2. The van der Waals surface area contributed by atoms with Crippen LogP contribution in [0.4, 0.5) is 17.3 Å². The first-order valence-corrected chi connectivity index (χ1v) is 17.3. The Kier molecular flexibility index (Phi) is 15.0. The van der Waals surface area contributed by atoms with E-state index in [0.717, 1.165) is 22.0 Å². The summed E-state index contributed by atoms with van der Waals surface area (Å²) >= 11 is 0. The minimum Gasteiger partial charge on any atom is -0.480 e. The Morgan fingerprint density at radius 1 is 1.08 bits per heavy atom. The van der Waals surface area contributed by atoms with E-state index in [0.29, 0.717) is 28.9 Å². The van der Waals surface area contributed by atoms with Crippen molar-refractivity contribution in [2.24, 2.45) is 5.73 Å². The number of aliphatic hydroxyl groups is 1. The van der Waals surface area contributed by atoms with Gasteiger partial charge in [0.25, 0.3) is 5.56 Å². The normalized spacial score (nSPS) is 12.7. The molecule has 0 bridgehead atoms. The highest BCUT2D eigenvalue weighted by molar-refractivity contribution is 8.76. The number of nitrogen functional groups attached to an aromatic ring is 1. The zero-order chi connectivity index (χ0) is 35.9. The fourth-order valence-electron chi connectivity index (χ4n) is 4.33. The molecule has 0 radical (unpaired) electrons. The number of carboxylic acids is 2. The van der Waals surface area contributed by atoms with Crippen LogP contribution in [-0.2, 0) is 30.5 Å². The molecular weight excluding hydrogens is 679 g/mol. The van der Waals surface area contributed by atoms with Gasteiger partial charge < -0.3 is 47.1 Å². The second-order valence-corrected chi connectivity index (χ2v) is 13.1. The second-order valence-electron chi connectivity index (χ2n) is 10.5. The van der Waals surface area contributed by atoms with Gasteiger partial charge in [-0.1, -0.05) is 33.6 Å². The second kappa shape index (κ2) is 19.1. The molecule has 2 aromatic carbocycles. The van der Waals surface area contributed by atoms with E-state index in [1.54, 1.807) is 36.4 Å². The minimum absolute atomic E-state index is 0.00755. The standard InChI is InChI=1S/C31H37N7O9S2/c1-2-11-38(15-18-3-8-23-21(14-18)27(41)37-31(33)36-23)20-6-4-19(5-7-20)34-24(29(43)44)9-10-26(40)47-12-13-48-49-17-25(30(45)46)35-28(42)22(32)16-39/h1,3-8,14,22,24-25,34,39H,9-13,15-17,32H2,(H,35,42)(H,43,44)(H,45,46)(H3,33,36,37,41)/t22-,24-,25-/m0/s1. The van der Waals surface area contributed by atoms with E-state index in [4.69, 9.17) is 27.7 Å². The fraction of sp³-hybridized carbons (Fsp3) is 0.355. The van der Waals surface area contributed by atoms with Crippen LogP contribution in [0.25, 0.3) is 10.9 Å². The molecule has 0 saturated heterocycles. The first-order valence-electron chi connectivity index (χ1n) is 14.8. The Hall–Kier alpha value is -4.96. The number of H-pyrrole nitrogens is 1. The molecular formula is C31H37N7O9S2. The smallest absolute Gasteiger partial charge is 0.327 e. The summed E-state index contributed by atoms with van der Waals surface area (Å²) in [6.07, 6.45) is 5.40. The molecule has 1 aromatic heterocycles. The van der Waals surface area contributed by atoms with Gasteiger partial charge in [-0.3, -0.25) is 19.4 Å². The number of nitrogens with zero attached hydrogens (tertiary/aromatic N) is 2. The molecule has 0 aliphatic heterocycles. The number of terminal acetylenes is 1. The van der Waals surface area contributed by atoms with Crippen LogP contribution in [0, 0.1) is 12.3 Å². The van der Waals surface area contributed by atoms with E-state index in [1.807, 2.05) is 11.0 Å². The molecule has 49 heavy (non-hydrogen) atoms. The van der Waals surface area contributed by atoms with Gasteiger partial charge in [-0.2, -0.15) is 0 Å². The van der Waals surface area contributed by atoms with Gasteiger partial charge >= 0.3 is 17.9 Å².